The maximum absolute atomic E-state index is 12.0. The van der Waals surface area contributed by atoms with Gasteiger partial charge in [-0.2, -0.15) is 0 Å². The van der Waals surface area contributed by atoms with Gasteiger partial charge in [0.05, 0.1) is 5.56 Å². The number of anilines is 2. The molecule has 1 amide bonds. The Morgan fingerprint density at radius 2 is 1.67 bits per heavy atom. The average Bonchev–Trinajstić information content (AvgIpc) is 2.56. The highest BCUT2D eigenvalue weighted by molar-refractivity contribution is 5.99. The summed E-state index contributed by atoms with van der Waals surface area (Å²) in [6.07, 6.45) is 0.890. The van der Waals surface area contributed by atoms with E-state index in [1.54, 1.807) is 12.1 Å². The van der Waals surface area contributed by atoms with Crippen LogP contribution in [0.15, 0.2) is 54.6 Å². The van der Waals surface area contributed by atoms with Crippen LogP contribution in [0, 0.1) is 0 Å². The van der Waals surface area contributed by atoms with Crippen LogP contribution in [0.5, 0.6) is 0 Å². The van der Waals surface area contributed by atoms with Crippen molar-refractivity contribution in [3.63, 3.8) is 0 Å². The average molecular weight is 370 g/mol. The molecule has 3 N–H and O–H groups in total. The maximum Gasteiger partial charge on any atom is 0.253 e. The standard InChI is InChI=1S/C18H23N3O.2ClH/c1-2-21(15-9-4-3-5-10-15)14-8-13-20-18(22)16-11-6-7-12-17(16)19;;/h3-7,9-12H,2,8,13-14,19H2,1H3,(H,20,22);2*1H. The quantitative estimate of drug-likeness (QED) is 0.576. The predicted octanol–water partition coefficient (Wildman–Crippen LogP) is 3.76. The molecule has 0 bridgehead atoms. The third kappa shape index (κ3) is 6.30. The Kier molecular flexibility index (Phi) is 10.7. The van der Waals surface area contributed by atoms with E-state index < -0.39 is 0 Å². The van der Waals surface area contributed by atoms with Crippen LogP contribution >= 0.6 is 24.8 Å². The van der Waals surface area contributed by atoms with Gasteiger partial charge in [-0.1, -0.05) is 30.3 Å². The summed E-state index contributed by atoms with van der Waals surface area (Å²) >= 11 is 0. The largest absolute Gasteiger partial charge is 0.398 e. The molecule has 0 radical (unpaired) electrons. The van der Waals surface area contributed by atoms with Crippen molar-refractivity contribution in [2.75, 3.05) is 30.3 Å². The smallest absolute Gasteiger partial charge is 0.253 e. The van der Waals surface area contributed by atoms with Gasteiger partial charge in [0.15, 0.2) is 0 Å². The zero-order valence-electron chi connectivity index (χ0n) is 13.8. The van der Waals surface area contributed by atoms with E-state index in [0.717, 1.165) is 19.5 Å². The number of halogens is 2. The third-order valence-corrected chi connectivity index (χ3v) is 3.60. The minimum absolute atomic E-state index is 0. The first-order chi connectivity index (χ1) is 10.7. The van der Waals surface area contributed by atoms with Crippen LogP contribution in [-0.2, 0) is 0 Å². The molecule has 0 aliphatic rings. The van der Waals surface area contributed by atoms with E-state index in [1.807, 2.05) is 30.3 Å². The van der Waals surface area contributed by atoms with E-state index in [1.165, 1.54) is 5.69 Å². The van der Waals surface area contributed by atoms with E-state index in [0.29, 0.717) is 17.8 Å². The predicted molar refractivity (Wildman–Crippen MR) is 107 cm³/mol. The van der Waals surface area contributed by atoms with Crippen LogP contribution in [0.1, 0.15) is 23.7 Å². The molecule has 2 rings (SSSR count). The van der Waals surface area contributed by atoms with Gasteiger partial charge in [-0.3, -0.25) is 4.79 Å². The molecule has 0 spiro atoms. The fourth-order valence-electron chi connectivity index (χ4n) is 2.38. The SMILES string of the molecule is CCN(CCCNC(=O)c1ccccc1N)c1ccccc1.Cl.Cl. The minimum Gasteiger partial charge on any atom is -0.398 e. The second-order valence-corrected chi connectivity index (χ2v) is 5.11. The molecule has 2 aromatic rings. The molecule has 0 saturated heterocycles. The van der Waals surface area contributed by atoms with Gasteiger partial charge in [-0.15, -0.1) is 24.8 Å². The lowest BCUT2D eigenvalue weighted by atomic mass is 10.1. The van der Waals surface area contributed by atoms with Crippen molar-refractivity contribution < 1.29 is 4.79 Å². The van der Waals surface area contributed by atoms with Gasteiger partial charge in [0.2, 0.25) is 0 Å². The van der Waals surface area contributed by atoms with Gasteiger partial charge in [-0.05, 0) is 37.6 Å². The van der Waals surface area contributed by atoms with Crippen molar-refractivity contribution in [2.24, 2.45) is 0 Å². The molecule has 132 valence electrons. The first kappa shape index (κ1) is 22.1. The van der Waals surface area contributed by atoms with Crippen LogP contribution in [-0.4, -0.2) is 25.5 Å². The zero-order valence-corrected chi connectivity index (χ0v) is 15.4. The number of carbonyl (C=O) groups is 1. The summed E-state index contributed by atoms with van der Waals surface area (Å²) in [6, 6.07) is 17.4. The van der Waals surface area contributed by atoms with E-state index in [-0.39, 0.29) is 30.7 Å². The summed E-state index contributed by atoms with van der Waals surface area (Å²) in [5.74, 6) is -0.110. The van der Waals surface area contributed by atoms with Gasteiger partial charge < -0.3 is 16.0 Å². The summed E-state index contributed by atoms with van der Waals surface area (Å²) < 4.78 is 0. The number of benzene rings is 2. The Balaban J connectivity index is 0.00000264. The number of carbonyl (C=O) groups excluding carboxylic acids is 1. The van der Waals surface area contributed by atoms with Crippen molar-refractivity contribution in [3.8, 4) is 0 Å². The Hall–Kier alpha value is -1.91. The molecule has 0 fully saturated rings. The lowest BCUT2D eigenvalue weighted by Crippen LogP contribution is -2.30. The van der Waals surface area contributed by atoms with Crippen molar-refractivity contribution in [1.82, 2.24) is 5.32 Å². The number of nitrogens with zero attached hydrogens (tertiary/aromatic N) is 1. The van der Waals surface area contributed by atoms with Gasteiger partial charge in [0.1, 0.15) is 0 Å². The fraction of sp³-hybridized carbons (Fsp3) is 0.278. The molecule has 0 aliphatic carbocycles. The summed E-state index contributed by atoms with van der Waals surface area (Å²) in [5.41, 5.74) is 8.07. The molecular weight excluding hydrogens is 345 g/mol. The van der Waals surface area contributed by atoms with E-state index in [2.05, 4.69) is 29.3 Å². The molecule has 0 saturated carbocycles. The first-order valence-corrected chi connectivity index (χ1v) is 7.65. The fourth-order valence-corrected chi connectivity index (χ4v) is 2.38. The minimum atomic E-state index is -0.110. The first-order valence-electron chi connectivity index (χ1n) is 7.65. The Morgan fingerprint density at radius 1 is 1.04 bits per heavy atom. The zero-order chi connectivity index (χ0) is 15.8. The number of nitrogens with two attached hydrogens (primary N) is 1. The highest BCUT2D eigenvalue weighted by Crippen LogP contribution is 2.13. The number of para-hydroxylation sites is 2. The van der Waals surface area contributed by atoms with Gasteiger partial charge >= 0.3 is 0 Å². The highest BCUT2D eigenvalue weighted by Gasteiger charge is 2.08. The van der Waals surface area contributed by atoms with Crippen molar-refractivity contribution in [3.05, 3.63) is 60.2 Å². The Bertz CT molecular complexity index is 608. The van der Waals surface area contributed by atoms with Crippen LogP contribution < -0.4 is 16.0 Å². The molecular formula is C18H25Cl2N3O. The molecule has 0 aliphatic heterocycles. The third-order valence-electron chi connectivity index (χ3n) is 3.60. The maximum atomic E-state index is 12.0. The van der Waals surface area contributed by atoms with Crippen molar-refractivity contribution >= 4 is 42.1 Å². The molecule has 0 aromatic heterocycles. The van der Waals surface area contributed by atoms with Crippen molar-refractivity contribution in [2.45, 2.75) is 13.3 Å². The van der Waals surface area contributed by atoms with E-state index in [4.69, 9.17) is 5.73 Å². The molecule has 4 nitrogen and oxygen atoms in total. The number of hydrogen-bond acceptors (Lipinski definition) is 3. The van der Waals surface area contributed by atoms with Crippen LogP contribution in [0.3, 0.4) is 0 Å². The second-order valence-electron chi connectivity index (χ2n) is 5.11. The lowest BCUT2D eigenvalue weighted by molar-refractivity contribution is 0.0954. The van der Waals surface area contributed by atoms with Crippen LogP contribution in [0.2, 0.25) is 0 Å². The van der Waals surface area contributed by atoms with Crippen LogP contribution in [0.25, 0.3) is 0 Å². The molecule has 0 unspecified atom stereocenters. The monoisotopic (exact) mass is 369 g/mol. The van der Waals surface area contributed by atoms with Gasteiger partial charge in [0, 0.05) is 31.0 Å². The van der Waals surface area contributed by atoms with Crippen molar-refractivity contribution in [1.29, 1.82) is 0 Å². The second kappa shape index (κ2) is 11.6. The normalized spacial score (nSPS) is 9.38. The van der Waals surface area contributed by atoms with E-state index >= 15 is 0 Å². The number of nitrogen functional groups attached to an aromatic ring is 1. The van der Waals surface area contributed by atoms with E-state index in [9.17, 15) is 4.79 Å². The molecule has 2 aromatic carbocycles. The Morgan fingerprint density at radius 3 is 2.29 bits per heavy atom. The Labute approximate surface area is 156 Å². The summed E-state index contributed by atoms with van der Waals surface area (Å²) in [7, 11) is 0. The molecule has 6 heteroatoms. The molecule has 24 heavy (non-hydrogen) atoms. The molecule has 0 heterocycles. The van der Waals surface area contributed by atoms with Gasteiger partial charge in [0.25, 0.3) is 5.91 Å². The highest BCUT2D eigenvalue weighted by atomic mass is 35.5. The number of nitrogens with one attached hydrogen (secondary N) is 1. The summed E-state index contributed by atoms with van der Waals surface area (Å²) in [5, 5.41) is 2.93. The topological polar surface area (TPSA) is 58.4 Å². The molecule has 0 atom stereocenters. The van der Waals surface area contributed by atoms with Gasteiger partial charge in [-0.25, -0.2) is 0 Å². The lowest BCUT2D eigenvalue weighted by Gasteiger charge is -2.23. The van der Waals surface area contributed by atoms with Crippen LogP contribution in [0.4, 0.5) is 11.4 Å². The number of amides is 1. The summed E-state index contributed by atoms with van der Waals surface area (Å²) in [4.78, 5) is 14.3. The number of rotatable bonds is 7. The summed E-state index contributed by atoms with van der Waals surface area (Å²) in [6.45, 7) is 4.63. The number of hydrogen-bond donors (Lipinski definition) is 2.